The Morgan fingerprint density at radius 2 is 1.47 bits per heavy atom. The van der Waals surface area contributed by atoms with E-state index in [1.54, 1.807) is 24.3 Å². The van der Waals surface area contributed by atoms with Crippen LogP contribution in [-0.4, -0.2) is 16.2 Å². The van der Waals surface area contributed by atoms with Gasteiger partial charge in [0.1, 0.15) is 5.75 Å². The van der Waals surface area contributed by atoms with Crippen LogP contribution >= 0.6 is 0 Å². The average Bonchev–Trinajstić information content (AvgIpc) is 2.30. The lowest BCUT2D eigenvalue weighted by Gasteiger charge is -2.05. The van der Waals surface area contributed by atoms with Crippen LogP contribution in [0.25, 0.3) is 11.1 Å². The predicted molar refractivity (Wildman–Crippen MR) is 75.7 cm³/mol. The largest absolute Gasteiger partial charge is 0.507 e. The molecule has 0 saturated carbocycles. The van der Waals surface area contributed by atoms with E-state index in [4.69, 9.17) is 21.4 Å². The molecule has 100 valence electrons. The summed E-state index contributed by atoms with van der Waals surface area (Å²) in [5, 5.41) is 17.1. The number of benzene rings is 2. The van der Waals surface area contributed by atoms with Gasteiger partial charge in [-0.05, 0) is 29.8 Å². The summed E-state index contributed by atoms with van der Waals surface area (Å²) in [5.41, 5.74) is 14.1. The van der Waals surface area contributed by atoms with Crippen molar-refractivity contribution >= 4 is 17.3 Å². The second kappa shape index (κ2) is 6.30. The number of nitrogens with two attached hydrogens (primary N) is 2. The molecule has 0 heterocycles. The lowest BCUT2D eigenvalue weighted by molar-refractivity contribution is -0.134. The normalized spacial score (nSPS) is 9.32. The first kappa shape index (κ1) is 14.4. The van der Waals surface area contributed by atoms with E-state index in [-0.39, 0.29) is 5.75 Å². The summed E-state index contributed by atoms with van der Waals surface area (Å²) in [7, 11) is 0. The van der Waals surface area contributed by atoms with E-state index in [1.165, 1.54) is 6.07 Å². The van der Waals surface area contributed by atoms with Gasteiger partial charge < -0.3 is 21.7 Å². The summed E-state index contributed by atoms with van der Waals surface area (Å²) in [5.74, 6) is -0.653. The number of anilines is 2. The number of nitrogen functional groups attached to an aromatic ring is 2. The van der Waals surface area contributed by atoms with Crippen molar-refractivity contribution in [2.45, 2.75) is 6.92 Å². The molecule has 0 bridgehead atoms. The van der Waals surface area contributed by atoms with Crippen molar-refractivity contribution in [1.82, 2.24) is 0 Å². The number of hydrogen-bond acceptors (Lipinski definition) is 4. The Hall–Kier alpha value is -2.69. The third-order valence-electron chi connectivity index (χ3n) is 2.24. The highest BCUT2D eigenvalue weighted by molar-refractivity contribution is 5.73. The molecule has 0 unspecified atom stereocenters. The van der Waals surface area contributed by atoms with Gasteiger partial charge in [-0.3, -0.25) is 4.79 Å². The van der Waals surface area contributed by atoms with Crippen molar-refractivity contribution in [3.63, 3.8) is 0 Å². The molecule has 0 amide bonds. The van der Waals surface area contributed by atoms with Crippen molar-refractivity contribution in [3.8, 4) is 16.9 Å². The summed E-state index contributed by atoms with van der Waals surface area (Å²) in [4.78, 5) is 9.00. The molecule has 0 spiro atoms. The monoisotopic (exact) mass is 260 g/mol. The van der Waals surface area contributed by atoms with Gasteiger partial charge in [0.2, 0.25) is 0 Å². The van der Waals surface area contributed by atoms with Crippen LogP contribution in [0, 0.1) is 0 Å². The molecule has 6 N–H and O–H groups in total. The van der Waals surface area contributed by atoms with Gasteiger partial charge >= 0.3 is 0 Å². The Balaban J connectivity index is 0.000000399. The second-order valence-corrected chi connectivity index (χ2v) is 3.92. The minimum Gasteiger partial charge on any atom is -0.507 e. The zero-order chi connectivity index (χ0) is 14.4. The first-order valence-corrected chi connectivity index (χ1v) is 5.54. The smallest absolute Gasteiger partial charge is 0.300 e. The van der Waals surface area contributed by atoms with Gasteiger partial charge in [0, 0.05) is 29.9 Å². The number of phenolic OH excluding ortho intramolecular Hbond substituents is 1. The van der Waals surface area contributed by atoms with E-state index >= 15 is 0 Å². The molecule has 2 aromatic rings. The van der Waals surface area contributed by atoms with Crippen LogP contribution in [0.3, 0.4) is 0 Å². The van der Waals surface area contributed by atoms with Gasteiger partial charge in [-0.2, -0.15) is 0 Å². The molecular formula is C14H16N2O3. The van der Waals surface area contributed by atoms with Crippen molar-refractivity contribution in [2.24, 2.45) is 0 Å². The number of carboxylic acid groups (broad SMARTS) is 1. The summed E-state index contributed by atoms with van der Waals surface area (Å²) in [6.07, 6.45) is 0. The summed E-state index contributed by atoms with van der Waals surface area (Å²) < 4.78 is 0. The van der Waals surface area contributed by atoms with E-state index in [0.717, 1.165) is 18.1 Å². The fraction of sp³-hybridized carbons (Fsp3) is 0.0714. The summed E-state index contributed by atoms with van der Waals surface area (Å²) in [6, 6.07) is 12.4. The Kier molecular flexibility index (Phi) is 4.76. The highest BCUT2D eigenvalue weighted by atomic mass is 16.4. The highest BCUT2D eigenvalue weighted by Crippen LogP contribution is 2.30. The molecule has 5 heteroatoms. The lowest BCUT2D eigenvalue weighted by atomic mass is 10.0. The molecule has 0 aliphatic carbocycles. The van der Waals surface area contributed by atoms with Crippen molar-refractivity contribution in [2.75, 3.05) is 11.5 Å². The van der Waals surface area contributed by atoms with E-state index < -0.39 is 5.97 Å². The third kappa shape index (κ3) is 4.59. The Morgan fingerprint density at radius 1 is 1.00 bits per heavy atom. The summed E-state index contributed by atoms with van der Waals surface area (Å²) >= 11 is 0. The topological polar surface area (TPSA) is 110 Å². The van der Waals surface area contributed by atoms with Gasteiger partial charge in [-0.1, -0.05) is 12.1 Å². The standard InChI is InChI=1S/C12H12N2O.C2H4O2/c13-9-3-1-8(2-4-9)11-6-5-10(14)7-12(11)15;1-2(3)4/h1-7,15H,13-14H2;1H3,(H,3,4). The Morgan fingerprint density at radius 3 is 1.95 bits per heavy atom. The Bertz CT molecular complexity index is 561. The van der Waals surface area contributed by atoms with Crippen LogP contribution in [0.2, 0.25) is 0 Å². The van der Waals surface area contributed by atoms with Crippen LogP contribution in [-0.2, 0) is 4.79 Å². The SMILES string of the molecule is CC(=O)O.Nc1ccc(-c2ccc(N)cc2O)cc1. The molecule has 2 rings (SSSR count). The van der Waals surface area contributed by atoms with E-state index in [0.29, 0.717) is 11.4 Å². The molecule has 19 heavy (non-hydrogen) atoms. The van der Waals surface area contributed by atoms with E-state index in [1.807, 2.05) is 12.1 Å². The first-order valence-electron chi connectivity index (χ1n) is 5.54. The molecule has 0 fully saturated rings. The lowest BCUT2D eigenvalue weighted by Crippen LogP contribution is -1.87. The fourth-order valence-electron chi connectivity index (χ4n) is 1.46. The van der Waals surface area contributed by atoms with Gasteiger partial charge in [-0.15, -0.1) is 0 Å². The van der Waals surface area contributed by atoms with Crippen molar-refractivity contribution < 1.29 is 15.0 Å². The minimum absolute atomic E-state index is 0.180. The molecule has 0 aliphatic rings. The minimum atomic E-state index is -0.833. The van der Waals surface area contributed by atoms with Gasteiger partial charge in [0.05, 0.1) is 0 Å². The number of phenols is 1. The number of aliphatic carboxylic acids is 1. The number of carboxylic acids is 1. The van der Waals surface area contributed by atoms with Crippen LogP contribution in [0.15, 0.2) is 42.5 Å². The third-order valence-corrected chi connectivity index (χ3v) is 2.24. The average molecular weight is 260 g/mol. The van der Waals surface area contributed by atoms with Gasteiger partial charge in [0.15, 0.2) is 0 Å². The van der Waals surface area contributed by atoms with Crippen molar-refractivity contribution in [1.29, 1.82) is 0 Å². The van der Waals surface area contributed by atoms with E-state index in [9.17, 15) is 5.11 Å². The van der Waals surface area contributed by atoms with Gasteiger partial charge in [0.25, 0.3) is 5.97 Å². The summed E-state index contributed by atoms with van der Waals surface area (Å²) in [6.45, 7) is 1.08. The molecule has 0 atom stereocenters. The second-order valence-electron chi connectivity index (χ2n) is 3.92. The van der Waals surface area contributed by atoms with Crippen LogP contribution in [0.5, 0.6) is 5.75 Å². The molecule has 0 saturated heterocycles. The predicted octanol–water partition coefficient (Wildman–Crippen LogP) is 2.31. The fourth-order valence-corrected chi connectivity index (χ4v) is 1.46. The molecule has 0 aromatic heterocycles. The molecular weight excluding hydrogens is 244 g/mol. The van der Waals surface area contributed by atoms with Crippen molar-refractivity contribution in [3.05, 3.63) is 42.5 Å². The maximum absolute atomic E-state index is 9.70. The molecule has 5 nitrogen and oxygen atoms in total. The van der Waals surface area contributed by atoms with Crippen LogP contribution < -0.4 is 11.5 Å². The number of carbonyl (C=O) groups is 1. The molecule has 0 aliphatic heterocycles. The van der Waals surface area contributed by atoms with Crippen LogP contribution in [0.4, 0.5) is 11.4 Å². The highest BCUT2D eigenvalue weighted by Gasteiger charge is 2.03. The molecule has 2 aromatic carbocycles. The van der Waals surface area contributed by atoms with E-state index in [2.05, 4.69) is 0 Å². The Labute approximate surface area is 111 Å². The quantitative estimate of drug-likeness (QED) is 0.588. The maximum Gasteiger partial charge on any atom is 0.300 e. The van der Waals surface area contributed by atoms with Gasteiger partial charge in [-0.25, -0.2) is 0 Å². The number of aromatic hydroxyl groups is 1. The maximum atomic E-state index is 9.70. The zero-order valence-electron chi connectivity index (χ0n) is 10.5. The van der Waals surface area contributed by atoms with Crippen LogP contribution in [0.1, 0.15) is 6.92 Å². The zero-order valence-corrected chi connectivity index (χ0v) is 10.5. The molecule has 0 radical (unpaired) electrons. The first-order chi connectivity index (χ1) is 8.90. The number of hydrogen-bond donors (Lipinski definition) is 4. The number of rotatable bonds is 1.